The third kappa shape index (κ3) is 4.65. The highest BCUT2D eigenvalue weighted by Gasteiger charge is 2.17. The number of benzene rings is 3. The van der Waals surface area contributed by atoms with Crippen LogP contribution in [0.5, 0.6) is 11.5 Å². The number of hydrogen-bond donors (Lipinski definition) is 1. The van der Waals surface area contributed by atoms with E-state index in [1.807, 2.05) is 6.07 Å². The van der Waals surface area contributed by atoms with Crippen LogP contribution in [-0.4, -0.2) is 19.0 Å². The minimum atomic E-state index is -0.718. The Morgan fingerprint density at radius 3 is 2.30 bits per heavy atom. The summed E-state index contributed by atoms with van der Waals surface area (Å²) < 4.78 is 10.4. The second kappa shape index (κ2) is 8.38. The number of carbonyl (C=O) groups excluding carboxylic acids is 2. The van der Waals surface area contributed by atoms with Gasteiger partial charge in [-0.3, -0.25) is 10.1 Å². The molecule has 0 spiro atoms. The first-order valence-electron chi connectivity index (χ1n) is 8.09. The van der Waals surface area contributed by atoms with E-state index < -0.39 is 6.09 Å². The molecular formula is C21H16ClNO4. The summed E-state index contributed by atoms with van der Waals surface area (Å²) >= 11 is 6.02. The normalized spacial score (nSPS) is 10.1. The van der Waals surface area contributed by atoms with Crippen LogP contribution in [0.4, 0.5) is 10.5 Å². The van der Waals surface area contributed by atoms with Gasteiger partial charge in [-0.15, -0.1) is 0 Å². The van der Waals surface area contributed by atoms with Gasteiger partial charge in [-0.25, -0.2) is 4.79 Å². The molecule has 3 rings (SSSR count). The standard InChI is InChI=1S/C21H16ClNO4/c1-26-17-10-8-16(9-11-17)23-21(25)27-19-12-7-15(22)13-18(19)20(24)14-5-3-2-4-6-14/h2-13H,1H3,(H,23,25). The quantitative estimate of drug-likeness (QED) is 0.617. The van der Waals surface area contributed by atoms with Gasteiger partial charge in [0, 0.05) is 16.3 Å². The molecule has 0 aliphatic heterocycles. The predicted molar refractivity (Wildman–Crippen MR) is 104 cm³/mol. The second-order valence-electron chi connectivity index (χ2n) is 5.58. The fourth-order valence-electron chi connectivity index (χ4n) is 2.43. The molecule has 1 amide bonds. The average molecular weight is 382 g/mol. The Bertz CT molecular complexity index is 956. The van der Waals surface area contributed by atoms with Crippen molar-refractivity contribution in [1.82, 2.24) is 0 Å². The number of rotatable bonds is 5. The van der Waals surface area contributed by atoms with E-state index >= 15 is 0 Å². The molecule has 0 fully saturated rings. The molecule has 0 aliphatic carbocycles. The molecule has 0 bridgehead atoms. The molecule has 0 heterocycles. The van der Waals surface area contributed by atoms with Crippen molar-refractivity contribution in [1.29, 1.82) is 0 Å². The molecule has 0 aliphatic rings. The molecule has 3 aromatic carbocycles. The number of methoxy groups -OCH3 is 1. The Kier molecular flexibility index (Phi) is 5.74. The SMILES string of the molecule is COc1ccc(NC(=O)Oc2ccc(Cl)cc2C(=O)c2ccccc2)cc1. The zero-order valence-electron chi connectivity index (χ0n) is 14.4. The number of anilines is 1. The molecule has 3 aromatic rings. The van der Waals surface area contributed by atoms with Crippen LogP contribution >= 0.6 is 11.6 Å². The highest BCUT2D eigenvalue weighted by molar-refractivity contribution is 6.31. The van der Waals surface area contributed by atoms with Gasteiger partial charge in [-0.2, -0.15) is 0 Å². The van der Waals surface area contributed by atoms with Gasteiger partial charge in [0.15, 0.2) is 5.78 Å². The summed E-state index contributed by atoms with van der Waals surface area (Å²) in [4.78, 5) is 25.0. The molecule has 0 aromatic heterocycles. The number of hydrogen-bond acceptors (Lipinski definition) is 4. The van der Waals surface area contributed by atoms with E-state index in [0.29, 0.717) is 22.0 Å². The number of ketones is 1. The van der Waals surface area contributed by atoms with Crippen molar-refractivity contribution in [3.05, 3.63) is 88.9 Å². The summed E-state index contributed by atoms with van der Waals surface area (Å²) in [6.45, 7) is 0. The first kappa shape index (κ1) is 18.5. The van der Waals surface area contributed by atoms with Crippen LogP contribution in [-0.2, 0) is 0 Å². The van der Waals surface area contributed by atoms with Gasteiger partial charge in [0.05, 0.1) is 12.7 Å². The third-order valence-electron chi connectivity index (χ3n) is 3.76. The van der Waals surface area contributed by atoms with Gasteiger partial charge >= 0.3 is 6.09 Å². The molecule has 27 heavy (non-hydrogen) atoms. The van der Waals surface area contributed by atoms with Crippen LogP contribution in [0, 0.1) is 0 Å². The van der Waals surface area contributed by atoms with Crippen LogP contribution in [0.3, 0.4) is 0 Å². The highest BCUT2D eigenvalue weighted by Crippen LogP contribution is 2.26. The van der Waals surface area contributed by atoms with Gasteiger partial charge in [-0.05, 0) is 42.5 Å². The van der Waals surface area contributed by atoms with E-state index in [1.165, 1.54) is 12.1 Å². The van der Waals surface area contributed by atoms with E-state index in [0.717, 1.165) is 0 Å². The predicted octanol–water partition coefficient (Wildman–Crippen LogP) is 5.19. The summed E-state index contributed by atoms with van der Waals surface area (Å²) in [5.74, 6) is 0.506. The molecular weight excluding hydrogens is 366 g/mol. The van der Waals surface area contributed by atoms with Gasteiger partial charge in [0.1, 0.15) is 11.5 Å². The molecule has 6 heteroatoms. The largest absolute Gasteiger partial charge is 0.497 e. The number of nitrogens with one attached hydrogen (secondary N) is 1. The lowest BCUT2D eigenvalue weighted by molar-refractivity contribution is 0.103. The van der Waals surface area contributed by atoms with Crippen molar-refractivity contribution in [2.75, 3.05) is 12.4 Å². The minimum absolute atomic E-state index is 0.124. The lowest BCUT2D eigenvalue weighted by Crippen LogP contribution is -2.18. The topological polar surface area (TPSA) is 64.6 Å². The lowest BCUT2D eigenvalue weighted by Gasteiger charge is -2.11. The summed E-state index contributed by atoms with van der Waals surface area (Å²) in [6, 6.07) is 20.0. The second-order valence-corrected chi connectivity index (χ2v) is 6.02. The maximum Gasteiger partial charge on any atom is 0.417 e. The first-order valence-corrected chi connectivity index (χ1v) is 8.47. The van der Waals surface area contributed by atoms with Crippen LogP contribution in [0.1, 0.15) is 15.9 Å². The average Bonchev–Trinajstić information content (AvgIpc) is 2.70. The molecule has 136 valence electrons. The van der Waals surface area contributed by atoms with Crippen molar-refractivity contribution < 1.29 is 19.1 Å². The lowest BCUT2D eigenvalue weighted by atomic mass is 10.0. The Balaban J connectivity index is 1.80. The number of amides is 1. The summed E-state index contributed by atoms with van der Waals surface area (Å²) in [5, 5.41) is 2.97. The highest BCUT2D eigenvalue weighted by atomic mass is 35.5. The number of halogens is 1. The van der Waals surface area contributed by atoms with E-state index in [2.05, 4.69) is 5.32 Å². The van der Waals surface area contributed by atoms with Crippen molar-refractivity contribution in [3.8, 4) is 11.5 Å². The van der Waals surface area contributed by atoms with Gasteiger partial charge < -0.3 is 9.47 Å². The zero-order valence-corrected chi connectivity index (χ0v) is 15.2. The van der Waals surface area contributed by atoms with Crippen molar-refractivity contribution in [2.45, 2.75) is 0 Å². The maximum absolute atomic E-state index is 12.7. The summed E-state index contributed by atoms with van der Waals surface area (Å²) in [5.41, 5.74) is 1.21. The van der Waals surface area contributed by atoms with Crippen molar-refractivity contribution in [2.24, 2.45) is 0 Å². The molecule has 0 saturated heterocycles. The molecule has 1 N–H and O–H groups in total. The van der Waals surface area contributed by atoms with E-state index in [4.69, 9.17) is 21.1 Å². The zero-order chi connectivity index (χ0) is 19.2. The van der Waals surface area contributed by atoms with Crippen LogP contribution in [0.2, 0.25) is 5.02 Å². The van der Waals surface area contributed by atoms with E-state index in [1.54, 1.807) is 61.7 Å². The summed E-state index contributed by atoms with van der Waals surface area (Å²) in [7, 11) is 1.56. The molecule has 5 nitrogen and oxygen atoms in total. The number of ether oxygens (including phenoxy) is 2. The molecule has 0 radical (unpaired) electrons. The Morgan fingerprint density at radius 1 is 0.926 bits per heavy atom. The molecule has 0 unspecified atom stereocenters. The Hall–Kier alpha value is -3.31. The minimum Gasteiger partial charge on any atom is -0.497 e. The van der Waals surface area contributed by atoms with Crippen molar-refractivity contribution in [3.63, 3.8) is 0 Å². The molecule has 0 saturated carbocycles. The first-order chi connectivity index (χ1) is 13.1. The van der Waals surface area contributed by atoms with E-state index in [-0.39, 0.29) is 17.1 Å². The van der Waals surface area contributed by atoms with Crippen molar-refractivity contribution >= 4 is 29.2 Å². The van der Waals surface area contributed by atoms with Crippen LogP contribution < -0.4 is 14.8 Å². The Morgan fingerprint density at radius 2 is 1.63 bits per heavy atom. The monoisotopic (exact) mass is 381 g/mol. The van der Waals surface area contributed by atoms with Crippen LogP contribution in [0.25, 0.3) is 0 Å². The summed E-state index contributed by atoms with van der Waals surface area (Å²) in [6.07, 6.45) is -0.718. The third-order valence-corrected chi connectivity index (χ3v) is 4.00. The van der Waals surface area contributed by atoms with Gasteiger partial charge in [-0.1, -0.05) is 41.9 Å². The fourth-order valence-corrected chi connectivity index (χ4v) is 2.60. The maximum atomic E-state index is 12.7. The van der Waals surface area contributed by atoms with Crippen LogP contribution in [0.15, 0.2) is 72.8 Å². The smallest absolute Gasteiger partial charge is 0.417 e. The fraction of sp³-hybridized carbons (Fsp3) is 0.0476. The Labute approximate surface area is 161 Å². The molecule has 0 atom stereocenters. The van der Waals surface area contributed by atoms with E-state index in [9.17, 15) is 9.59 Å². The van der Waals surface area contributed by atoms with Gasteiger partial charge in [0.25, 0.3) is 0 Å². The van der Waals surface area contributed by atoms with Gasteiger partial charge in [0.2, 0.25) is 0 Å². The number of carbonyl (C=O) groups is 2.